The summed E-state index contributed by atoms with van der Waals surface area (Å²) in [5.74, 6) is -0.822. The molecule has 0 aliphatic heterocycles. The zero-order valence-corrected chi connectivity index (χ0v) is 10.9. The summed E-state index contributed by atoms with van der Waals surface area (Å²) in [6.45, 7) is 0.0686. The average Bonchev–Trinajstić information content (AvgIpc) is 2.32. The smallest absolute Gasteiger partial charge is 0.167 e. The fourth-order valence-corrected chi connectivity index (χ4v) is 1.80. The predicted molar refractivity (Wildman–Crippen MR) is 69.2 cm³/mol. The molecular weight excluding hydrogens is 304 g/mol. The Labute approximate surface area is 112 Å². The quantitative estimate of drug-likeness (QED) is 0.873. The lowest BCUT2D eigenvalue weighted by Gasteiger charge is -2.09. The predicted octanol–water partition coefficient (Wildman–Crippen LogP) is 3.89. The summed E-state index contributed by atoms with van der Waals surface area (Å²) in [5.41, 5.74) is 6.35. The van der Waals surface area contributed by atoms with E-state index in [4.69, 9.17) is 10.5 Å². The van der Waals surface area contributed by atoms with Crippen LogP contribution in [0.15, 0.2) is 40.9 Å². The summed E-state index contributed by atoms with van der Waals surface area (Å²) < 4.78 is 32.5. The van der Waals surface area contributed by atoms with Crippen LogP contribution < -0.4 is 10.5 Å². The van der Waals surface area contributed by atoms with Crippen LogP contribution in [0, 0.1) is 11.6 Å². The summed E-state index contributed by atoms with van der Waals surface area (Å²) in [5, 5.41) is 0. The second-order valence-electron chi connectivity index (χ2n) is 3.71. The van der Waals surface area contributed by atoms with Gasteiger partial charge in [-0.2, -0.15) is 0 Å². The summed E-state index contributed by atoms with van der Waals surface area (Å²) in [7, 11) is 0. The van der Waals surface area contributed by atoms with Gasteiger partial charge in [0, 0.05) is 21.8 Å². The highest BCUT2D eigenvalue weighted by Gasteiger charge is 2.06. The molecule has 2 nitrogen and oxygen atoms in total. The van der Waals surface area contributed by atoms with Crippen molar-refractivity contribution in [3.8, 4) is 5.75 Å². The third kappa shape index (κ3) is 2.98. The molecule has 0 aromatic heterocycles. The molecule has 2 aromatic carbocycles. The van der Waals surface area contributed by atoms with Gasteiger partial charge in [0.1, 0.15) is 12.4 Å². The van der Waals surface area contributed by atoms with Crippen molar-refractivity contribution in [2.45, 2.75) is 6.61 Å². The van der Waals surface area contributed by atoms with Gasteiger partial charge in [0.15, 0.2) is 11.6 Å². The molecule has 0 atom stereocenters. The van der Waals surface area contributed by atoms with Crippen molar-refractivity contribution in [3.63, 3.8) is 0 Å². The van der Waals surface area contributed by atoms with Gasteiger partial charge in [0.25, 0.3) is 0 Å². The van der Waals surface area contributed by atoms with Gasteiger partial charge >= 0.3 is 0 Å². The number of hydrogen-bond donors (Lipinski definition) is 1. The van der Waals surface area contributed by atoms with Gasteiger partial charge in [-0.05, 0) is 30.3 Å². The largest absolute Gasteiger partial charge is 0.486 e. The van der Waals surface area contributed by atoms with E-state index in [0.29, 0.717) is 15.7 Å². The van der Waals surface area contributed by atoms with E-state index in [1.54, 1.807) is 12.1 Å². The Morgan fingerprint density at radius 2 is 1.89 bits per heavy atom. The molecule has 0 saturated carbocycles. The Balaban J connectivity index is 2.13. The van der Waals surface area contributed by atoms with E-state index in [9.17, 15) is 8.78 Å². The molecule has 94 valence electrons. The molecule has 0 aliphatic rings. The minimum Gasteiger partial charge on any atom is -0.486 e. The number of halogens is 3. The molecule has 0 radical (unpaired) electrons. The van der Waals surface area contributed by atoms with Crippen molar-refractivity contribution in [3.05, 3.63) is 58.1 Å². The zero-order valence-electron chi connectivity index (χ0n) is 9.29. The Kier molecular flexibility index (Phi) is 3.81. The first-order valence-corrected chi connectivity index (χ1v) is 5.97. The van der Waals surface area contributed by atoms with Crippen LogP contribution in [0.3, 0.4) is 0 Å². The zero-order chi connectivity index (χ0) is 13.1. The van der Waals surface area contributed by atoms with Crippen LogP contribution in [0.4, 0.5) is 14.5 Å². The lowest BCUT2D eigenvalue weighted by atomic mass is 10.2. The molecule has 0 bridgehead atoms. The Hall–Kier alpha value is -1.62. The highest BCUT2D eigenvalue weighted by molar-refractivity contribution is 9.10. The maximum Gasteiger partial charge on any atom is 0.167 e. The minimum atomic E-state index is -0.539. The molecule has 0 heterocycles. The van der Waals surface area contributed by atoms with Crippen LogP contribution in [0.5, 0.6) is 5.75 Å². The molecule has 0 fully saturated rings. The van der Waals surface area contributed by atoms with Crippen LogP contribution in [-0.4, -0.2) is 0 Å². The Morgan fingerprint density at radius 3 is 2.61 bits per heavy atom. The van der Waals surface area contributed by atoms with E-state index in [1.807, 2.05) is 0 Å². The number of rotatable bonds is 3. The molecule has 0 aliphatic carbocycles. The number of nitrogen functional groups attached to an aromatic ring is 1. The molecular formula is C13H10BrF2NO. The minimum absolute atomic E-state index is 0.0686. The lowest BCUT2D eigenvalue weighted by Crippen LogP contribution is -1.99. The van der Waals surface area contributed by atoms with Crippen molar-refractivity contribution in [1.82, 2.24) is 0 Å². The van der Waals surface area contributed by atoms with Gasteiger partial charge in [-0.1, -0.05) is 15.9 Å². The second-order valence-corrected chi connectivity index (χ2v) is 4.57. The average molecular weight is 314 g/mol. The number of benzene rings is 2. The molecule has 0 saturated heterocycles. The van der Waals surface area contributed by atoms with Gasteiger partial charge in [-0.15, -0.1) is 0 Å². The normalized spacial score (nSPS) is 10.4. The summed E-state index contributed by atoms with van der Waals surface area (Å²) in [6, 6.07) is 8.40. The van der Waals surface area contributed by atoms with Crippen molar-refractivity contribution in [2.75, 3.05) is 5.73 Å². The molecule has 2 rings (SSSR count). The van der Waals surface area contributed by atoms with Crippen molar-refractivity contribution < 1.29 is 13.5 Å². The van der Waals surface area contributed by atoms with Crippen LogP contribution in [0.25, 0.3) is 0 Å². The maximum atomic E-state index is 13.4. The molecule has 0 spiro atoms. The van der Waals surface area contributed by atoms with E-state index in [1.165, 1.54) is 24.3 Å². The topological polar surface area (TPSA) is 35.2 Å². The number of ether oxygens (including phenoxy) is 1. The third-order valence-corrected chi connectivity index (χ3v) is 3.12. The van der Waals surface area contributed by atoms with Gasteiger partial charge < -0.3 is 10.5 Å². The summed E-state index contributed by atoms with van der Waals surface area (Å²) in [4.78, 5) is 0. The Bertz CT molecular complexity index is 575. The highest BCUT2D eigenvalue weighted by Crippen LogP contribution is 2.23. The summed E-state index contributed by atoms with van der Waals surface area (Å²) >= 11 is 3.27. The van der Waals surface area contributed by atoms with E-state index in [0.717, 1.165) is 0 Å². The Morgan fingerprint density at radius 1 is 1.11 bits per heavy atom. The van der Waals surface area contributed by atoms with Crippen LogP contribution in [0.2, 0.25) is 0 Å². The first-order chi connectivity index (χ1) is 8.56. The first kappa shape index (κ1) is 12.8. The van der Waals surface area contributed by atoms with E-state index in [-0.39, 0.29) is 18.2 Å². The summed E-state index contributed by atoms with van der Waals surface area (Å²) in [6.07, 6.45) is 0. The molecule has 2 aromatic rings. The van der Waals surface area contributed by atoms with Gasteiger partial charge in [-0.3, -0.25) is 0 Å². The molecule has 0 amide bonds. The van der Waals surface area contributed by atoms with Crippen LogP contribution in [-0.2, 0) is 6.61 Å². The van der Waals surface area contributed by atoms with E-state index < -0.39 is 5.82 Å². The number of nitrogens with two attached hydrogens (primary N) is 1. The highest BCUT2D eigenvalue weighted by atomic mass is 79.9. The van der Waals surface area contributed by atoms with E-state index in [2.05, 4.69) is 15.9 Å². The fourth-order valence-electron chi connectivity index (χ4n) is 1.44. The van der Waals surface area contributed by atoms with Crippen molar-refractivity contribution in [1.29, 1.82) is 0 Å². The molecule has 5 heteroatoms. The standard InChI is InChI=1S/C13H10BrF2NO/c14-11-3-1-9(15)5-8(11)7-18-13-4-2-10(17)6-12(13)16/h1-6H,7,17H2. The number of hydrogen-bond acceptors (Lipinski definition) is 2. The van der Waals surface area contributed by atoms with Crippen LogP contribution in [0.1, 0.15) is 5.56 Å². The van der Waals surface area contributed by atoms with E-state index >= 15 is 0 Å². The van der Waals surface area contributed by atoms with Crippen molar-refractivity contribution >= 4 is 21.6 Å². The van der Waals surface area contributed by atoms with Crippen LogP contribution >= 0.6 is 15.9 Å². The fraction of sp³-hybridized carbons (Fsp3) is 0.0769. The third-order valence-electron chi connectivity index (χ3n) is 2.35. The number of anilines is 1. The van der Waals surface area contributed by atoms with Crippen molar-refractivity contribution in [2.24, 2.45) is 0 Å². The van der Waals surface area contributed by atoms with Gasteiger partial charge in [-0.25, -0.2) is 8.78 Å². The SMILES string of the molecule is Nc1ccc(OCc2cc(F)ccc2Br)c(F)c1. The monoisotopic (exact) mass is 313 g/mol. The molecule has 2 N–H and O–H groups in total. The maximum absolute atomic E-state index is 13.4. The molecule has 0 unspecified atom stereocenters. The first-order valence-electron chi connectivity index (χ1n) is 5.18. The lowest BCUT2D eigenvalue weighted by molar-refractivity contribution is 0.289. The van der Waals surface area contributed by atoms with Gasteiger partial charge in [0.05, 0.1) is 0 Å². The van der Waals surface area contributed by atoms with Gasteiger partial charge in [0.2, 0.25) is 0 Å². The second kappa shape index (κ2) is 5.35. The molecule has 18 heavy (non-hydrogen) atoms.